The molecule has 1 aliphatic rings. The van der Waals surface area contributed by atoms with Crippen molar-refractivity contribution in [2.45, 2.75) is 18.9 Å². The first-order valence-corrected chi connectivity index (χ1v) is 7.00. The predicted octanol–water partition coefficient (Wildman–Crippen LogP) is 1.01. The Balaban J connectivity index is 2.30. The highest BCUT2D eigenvalue weighted by Gasteiger charge is 2.33. The maximum absolute atomic E-state index is 11.0. The Hall–Kier alpha value is -1.17. The van der Waals surface area contributed by atoms with E-state index in [-0.39, 0.29) is 29.2 Å². The van der Waals surface area contributed by atoms with Gasteiger partial charge >= 0.3 is 0 Å². The SMILES string of the molecule is C=C(C=N)C(=N)OC1CC(CS(C)(=O)=O)C1. The molecular weight excluding hydrogens is 228 g/mol. The summed E-state index contributed by atoms with van der Waals surface area (Å²) in [5.41, 5.74) is 0.228. The minimum atomic E-state index is -2.92. The second kappa shape index (κ2) is 4.78. The maximum atomic E-state index is 11.0. The molecule has 0 aromatic carbocycles. The molecule has 0 amide bonds. The van der Waals surface area contributed by atoms with Crippen molar-refractivity contribution in [2.75, 3.05) is 12.0 Å². The van der Waals surface area contributed by atoms with Gasteiger partial charge in [0.25, 0.3) is 0 Å². The molecule has 0 aromatic rings. The zero-order valence-corrected chi connectivity index (χ0v) is 10.0. The highest BCUT2D eigenvalue weighted by molar-refractivity contribution is 7.90. The number of rotatable bonds is 5. The van der Waals surface area contributed by atoms with Crippen molar-refractivity contribution in [3.63, 3.8) is 0 Å². The summed E-state index contributed by atoms with van der Waals surface area (Å²) in [4.78, 5) is 0. The Morgan fingerprint density at radius 1 is 1.56 bits per heavy atom. The van der Waals surface area contributed by atoms with E-state index in [1.165, 1.54) is 6.26 Å². The van der Waals surface area contributed by atoms with Gasteiger partial charge in [0.05, 0.1) is 5.75 Å². The molecule has 2 N–H and O–H groups in total. The van der Waals surface area contributed by atoms with E-state index in [0.29, 0.717) is 12.8 Å². The van der Waals surface area contributed by atoms with Crippen LogP contribution in [-0.4, -0.2) is 38.6 Å². The molecule has 1 saturated carbocycles. The van der Waals surface area contributed by atoms with Crippen molar-refractivity contribution in [1.29, 1.82) is 10.8 Å². The molecule has 0 aliphatic heterocycles. The highest BCUT2D eigenvalue weighted by Crippen LogP contribution is 2.31. The molecule has 0 spiro atoms. The maximum Gasteiger partial charge on any atom is 0.214 e. The Kier molecular flexibility index (Phi) is 3.85. The van der Waals surface area contributed by atoms with Crippen LogP contribution in [0, 0.1) is 16.7 Å². The third kappa shape index (κ3) is 3.77. The summed E-state index contributed by atoms with van der Waals surface area (Å²) in [6.45, 7) is 3.47. The number of nitrogens with one attached hydrogen (secondary N) is 2. The van der Waals surface area contributed by atoms with Gasteiger partial charge in [-0.05, 0) is 18.8 Å². The van der Waals surface area contributed by atoms with Crippen LogP contribution in [0.5, 0.6) is 0 Å². The van der Waals surface area contributed by atoms with Gasteiger partial charge in [0.1, 0.15) is 15.9 Å². The fourth-order valence-corrected chi connectivity index (χ4v) is 2.77. The van der Waals surface area contributed by atoms with Crippen molar-refractivity contribution >= 4 is 21.9 Å². The lowest BCUT2D eigenvalue weighted by atomic mass is 9.84. The predicted molar refractivity (Wildman–Crippen MR) is 63.0 cm³/mol. The molecule has 0 atom stereocenters. The summed E-state index contributed by atoms with van der Waals surface area (Å²) in [6, 6.07) is 0. The van der Waals surface area contributed by atoms with Crippen LogP contribution in [0.3, 0.4) is 0 Å². The molecule has 5 nitrogen and oxygen atoms in total. The first-order valence-electron chi connectivity index (χ1n) is 4.94. The van der Waals surface area contributed by atoms with Gasteiger partial charge in [-0.15, -0.1) is 0 Å². The molecule has 0 radical (unpaired) electrons. The molecule has 0 aromatic heterocycles. The lowest BCUT2D eigenvalue weighted by Crippen LogP contribution is -2.37. The van der Waals surface area contributed by atoms with Crippen LogP contribution in [0.2, 0.25) is 0 Å². The molecule has 16 heavy (non-hydrogen) atoms. The lowest BCUT2D eigenvalue weighted by molar-refractivity contribution is 0.0645. The quantitative estimate of drug-likeness (QED) is 0.558. The fraction of sp³-hybridized carbons (Fsp3) is 0.600. The second-order valence-electron chi connectivity index (χ2n) is 4.17. The minimum Gasteiger partial charge on any atom is -0.474 e. The molecule has 1 aliphatic carbocycles. The number of hydrogen-bond donors (Lipinski definition) is 2. The van der Waals surface area contributed by atoms with Crippen molar-refractivity contribution < 1.29 is 13.2 Å². The lowest BCUT2D eigenvalue weighted by Gasteiger charge is -2.34. The van der Waals surface area contributed by atoms with Crippen LogP contribution in [0.4, 0.5) is 0 Å². The molecule has 0 unspecified atom stereocenters. The summed E-state index contributed by atoms with van der Waals surface area (Å²) in [5.74, 6) is 0.227. The molecule has 0 saturated heterocycles. The Bertz CT molecular complexity index is 408. The van der Waals surface area contributed by atoms with Crippen LogP contribution >= 0.6 is 0 Å². The molecule has 0 bridgehead atoms. The van der Waals surface area contributed by atoms with Gasteiger partial charge < -0.3 is 10.1 Å². The summed E-state index contributed by atoms with van der Waals surface area (Å²) < 4.78 is 27.2. The van der Waals surface area contributed by atoms with E-state index < -0.39 is 9.84 Å². The van der Waals surface area contributed by atoms with Gasteiger partial charge in [-0.2, -0.15) is 0 Å². The van der Waals surface area contributed by atoms with Gasteiger partial charge in [-0.25, -0.2) is 8.42 Å². The van der Waals surface area contributed by atoms with Gasteiger partial charge in [0.2, 0.25) is 5.90 Å². The minimum absolute atomic E-state index is 0.0993. The molecule has 1 fully saturated rings. The van der Waals surface area contributed by atoms with Gasteiger partial charge in [0, 0.05) is 18.0 Å². The van der Waals surface area contributed by atoms with Crippen molar-refractivity contribution in [3.05, 3.63) is 12.2 Å². The highest BCUT2D eigenvalue weighted by atomic mass is 32.2. The molecular formula is C10H16N2O3S. The van der Waals surface area contributed by atoms with Gasteiger partial charge in [-0.3, -0.25) is 5.41 Å². The Morgan fingerprint density at radius 2 is 2.12 bits per heavy atom. The van der Waals surface area contributed by atoms with Crippen molar-refractivity contribution in [1.82, 2.24) is 0 Å². The average molecular weight is 244 g/mol. The fourth-order valence-electron chi connectivity index (χ4n) is 1.64. The zero-order valence-electron chi connectivity index (χ0n) is 9.19. The van der Waals surface area contributed by atoms with Gasteiger partial charge in [-0.1, -0.05) is 6.58 Å². The molecule has 1 rings (SSSR count). The third-order valence-corrected chi connectivity index (χ3v) is 3.56. The third-order valence-electron chi connectivity index (χ3n) is 2.48. The zero-order chi connectivity index (χ0) is 12.3. The first-order chi connectivity index (χ1) is 7.31. The van der Waals surface area contributed by atoms with E-state index in [0.717, 1.165) is 6.21 Å². The summed E-state index contributed by atoms with van der Waals surface area (Å²) in [7, 11) is -2.92. The standard InChI is InChI=1S/C10H16N2O3S/c1-7(5-11)10(12)15-9-3-8(4-9)6-16(2,13)14/h5,8-9,11-12H,1,3-4,6H2,2H3. The first kappa shape index (κ1) is 12.9. The van der Waals surface area contributed by atoms with Crippen molar-refractivity contribution in [3.8, 4) is 0 Å². The summed E-state index contributed by atoms with van der Waals surface area (Å²) >= 11 is 0. The topological polar surface area (TPSA) is 91.1 Å². The Labute approximate surface area is 95.4 Å². The van der Waals surface area contributed by atoms with Crippen LogP contribution < -0.4 is 0 Å². The summed E-state index contributed by atoms with van der Waals surface area (Å²) in [6.07, 6.45) is 3.40. The van der Waals surface area contributed by atoms with E-state index in [4.69, 9.17) is 15.6 Å². The Morgan fingerprint density at radius 3 is 2.56 bits per heavy atom. The van der Waals surface area contributed by atoms with E-state index >= 15 is 0 Å². The summed E-state index contributed by atoms with van der Waals surface area (Å²) in [5, 5.41) is 14.3. The van der Waals surface area contributed by atoms with E-state index in [9.17, 15) is 8.42 Å². The average Bonchev–Trinajstić information content (AvgIpc) is 2.10. The number of hydrogen-bond acceptors (Lipinski definition) is 5. The second-order valence-corrected chi connectivity index (χ2v) is 6.35. The van der Waals surface area contributed by atoms with E-state index in [1.54, 1.807) is 0 Å². The normalized spacial score (nSPS) is 24.3. The van der Waals surface area contributed by atoms with Crippen LogP contribution in [-0.2, 0) is 14.6 Å². The van der Waals surface area contributed by atoms with Gasteiger partial charge in [0.15, 0.2) is 0 Å². The van der Waals surface area contributed by atoms with E-state index in [2.05, 4.69) is 6.58 Å². The van der Waals surface area contributed by atoms with Crippen LogP contribution in [0.25, 0.3) is 0 Å². The largest absolute Gasteiger partial charge is 0.474 e. The molecule has 90 valence electrons. The van der Waals surface area contributed by atoms with Crippen LogP contribution in [0.15, 0.2) is 12.2 Å². The molecule has 0 heterocycles. The van der Waals surface area contributed by atoms with Crippen LogP contribution in [0.1, 0.15) is 12.8 Å². The molecule has 6 heteroatoms. The van der Waals surface area contributed by atoms with Crippen molar-refractivity contribution in [2.24, 2.45) is 5.92 Å². The number of ether oxygens (including phenoxy) is 1. The van der Waals surface area contributed by atoms with E-state index in [1.807, 2.05) is 0 Å². The monoisotopic (exact) mass is 244 g/mol. The smallest absolute Gasteiger partial charge is 0.214 e. The number of sulfone groups is 1.